The normalized spacial score (nSPS) is 39.8. The fourth-order valence-corrected chi connectivity index (χ4v) is 14.1. The van der Waals surface area contributed by atoms with Crippen molar-refractivity contribution < 1.29 is 4.42 Å². The van der Waals surface area contributed by atoms with Crippen molar-refractivity contribution in [2.45, 2.75) is 89.5 Å². The lowest BCUT2D eigenvalue weighted by atomic mass is 9.37. The van der Waals surface area contributed by atoms with Crippen LogP contribution in [0.2, 0.25) is 0 Å². The highest BCUT2D eigenvalue weighted by Gasteiger charge is 2.63. The first-order valence-corrected chi connectivity index (χ1v) is 18.7. The maximum Gasteiger partial charge on any atom is 0.159 e. The van der Waals surface area contributed by atoms with Crippen molar-refractivity contribution in [3.63, 3.8) is 0 Å². The molecule has 0 N–H and O–H groups in total. The van der Waals surface area contributed by atoms with E-state index in [2.05, 4.69) is 65.2 Å². The van der Waals surface area contributed by atoms with Gasteiger partial charge < -0.3 is 8.98 Å². The summed E-state index contributed by atoms with van der Waals surface area (Å²) in [6.07, 6.45) is 19.6. The summed E-state index contributed by atoms with van der Waals surface area (Å²) in [6.45, 7) is 0. The molecule has 0 spiro atoms. The van der Waals surface area contributed by atoms with Crippen LogP contribution in [0.3, 0.4) is 0 Å². The summed E-state index contributed by atoms with van der Waals surface area (Å²) in [6, 6.07) is 23.4. The fourth-order valence-electron chi connectivity index (χ4n) is 14.1. The van der Waals surface area contributed by atoms with Crippen molar-refractivity contribution in [2.24, 2.45) is 59.2 Å². The van der Waals surface area contributed by atoms with Gasteiger partial charge in [-0.3, -0.25) is 0 Å². The van der Waals surface area contributed by atoms with Crippen molar-refractivity contribution in [1.82, 2.24) is 4.57 Å². The van der Waals surface area contributed by atoms with Gasteiger partial charge >= 0.3 is 0 Å². The standard InChI is InChI=1S/C42H47NO/c1-3-12-27-25(10-1)31-16-9-17-32-26-11-2-4-13-28(26)36-23-24(22-35(27)40(36)39(31)32)43-37-18-7-5-14-29(37)33-20-21-34-30-15-6-8-19-38(30)44-42(34)41(33)43/h5-8,14-15,18-21,24-28,31-32,35-36,39-40H,1-4,9-13,16-17,22-23H2. The van der Waals surface area contributed by atoms with Crippen LogP contribution in [0.1, 0.15) is 89.5 Å². The Kier molecular flexibility index (Phi) is 5.44. The average Bonchev–Trinajstić information content (AvgIpc) is 3.64. The van der Waals surface area contributed by atoms with Crippen molar-refractivity contribution >= 4 is 43.7 Å². The van der Waals surface area contributed by atoms with Crippen molar-refractivity contribution in [1.29, 1.82) is 0 Å². The highest BCUT2D eigenvalue weighted by Crippen LogP contribution is 2.70. The molecule has 3 aromatic carbocycles. The topological polar surface area (TPSA) is 18.1 Å². The van der Waals surface area contributed by atoms with Crippen LogP contribution >= 0.6 is 0 Å². The van der Waals surface area contributed by atoms with Gasteiger partial charge in [-0.05, 0) is 129 Å². The van der Waals surface area contributed by atoms with E-state index in [1.54, 1.807) is 25.7 Å². The number of hydrogen-bond acceptors (Lipinski definition) is 1. The molecular formula is C42H47NO. The predicted octanol–water partition coefficient (Wildman–Crippen LogP) is 11.5. The van der Waals surface area contributed by atoms with Gasteiger partial charge in [-0.2, -0.15) is 0 Å². The van der Waals surface area contributed by atoms with Crippen molar-refractivity contribution in [2.75, 3.05) is 0 Å². The van der Waals surface area contributed by atoms with E-state index >= 15 is 0 Å². The SMILES string of the molecule is c1ccc2c(c1)oc1c2ccc2c3ccccc3n(C3CC4C5CCCCC5C5CCCC6C7CCCCC7C(C3)C4C56)c21. The zero-order chi connectivity index (χ0) is 28.5. The second-order valence-corrected chi connectivity index (χ2v) is 16.4. The van der Waals surface area contributed by atoms with Gasteiger partial charge in [0.25, 0.3) is 0 Å². The van der Waals surface area contributed by atoms with E-state index in [0.717, 1.165) is 70.3 Å². The molecule has 11 rings (SSSR count). The summed E-state index contributed by atoms with van der Waals surface area (Å²) in [4.78, 5) is 0. The number of benzene rings is 3. The van der Waals surface area contributed by atoms with Crippen LogP contribution in [0.25, 0.3) is 43.7 Å². The molecule has 8 atom stereocenters. The lowest BCUT2D eigenvalue weighted by molar-refractivity contribution is -0.192. The van der Waals surface area contributed by atoms with Crippen LogP contribution in [0.4, 0.5) is 0 Å². The summed E-state index contributed by atoms with van der Waals surface area (Å²) in [5.41, 5.74) is 4.97. The predicted molar refractivity (Wildman–Crippen MR) is 181 cm³/mol. The molecule has 226 valence electrons. The second-order valence-electron chi connectivity index (χ2n) is 16.4. The highest BCUT2D eigenvalue weighted by molar-refractivity contribution is 6.20. The minimum atomic E-state index is 0.573. The quantitative estimate of drug-likeness (QED) is 0.193. The number of rotatable bonds is 1. The van der Waals surface area contributed by atoms with Gasteiger partial charge in [-0.25, -0.2) is 0 Å². The Hall–Kier alpha value is -2.74. The van der Waals surface area contributed by atoms with Crippen molar-refractivity contribution in [3.05, 3.63) is 60.7 Å². The van der Waals surface area contributed by atoms with E-state index < -0.39 is 0 Å². The molecule has 2 aromatic heterocycles. The molecule has 6 saturated carbocycles. The number of nitrogens with zero attached hydrogens (tertiary/aromatic N) is 1. The van der Waals surface area contributed by atoms with E-state index in [-0.39, 0.29) is 0 Å². The molecule has 44 heavy (non-hydrogen) atoms. The molecule has 0 aliphatic heterocycles. The molecule has 0 saturated heterocycles. The Morgan fingerprint density at radius 2 is 1.02 bits per heavy atom. The smallest absolute Gasteiger partial charge is 0.159 e. The van der Waals surface area contributed by atoms with E-state index in [4.69, 9.17) is 4.42 Å². The van der Waals surface area contributed by atoms with Gasteiger partial charge in [0.15, 0.2) is 5.58 Å². The monoisotopic (exact) mass is 581 g/mol. The first kappa shape index (κ1) is 25.5. The molecule has 0 radical (unpaired) electrons. The third kappa shape index (κ3) is 3.29. The van der Waals surface area contributed by atoms with Gasteiger partial charge in [0.1, 0.15) is 5.58 Å². The first-order valence-electron chi connectivity index (χ1n) is 18.7. The molecule has 0 amide bonds. The molecule has 8 unspecified atom stereocenters. The minimum Gasteiger partial charge on any atom is -0.454 e. The van der Waals surface area contributed by atoms with E-state index in [1.807, 2.05) is 0 Å². The zero-order valence-corrected chi connectivity index (χ0v) is 26.2. The Bertz CT molecular complexity index is 1870. The van der Waals surface area contributed by atoms with E-state index in [9.17, 15) is 0 Å². The number of para-hydroxylation sites is 2. The Labute approximate surface area is 261 Å². The van der Waals surface area contributed by atoms with Gasteiger partial charge in [0.2, 0.25) is 0 Å². The van der Waals surface area contributed by atoms with E-state index in [1.165, 1.54) is 90.4 Å². The Morgan fingerprint density at radius 3 is 1.73 bits per heavy atom. The Balaban J connectivity index is 1.14. The van der Waals surface area contributed by atoms with Gasteiger partial charge in [0, 0.05) is 33.1 Å². The molecule has 5 aromatic rings. The summed E-state index contributed by atoms with van der Waals surface area (Å²) in [5.74, 6) is 10.1. The molecule has 2 nitrogen and oxygen atoms in total. The number of hydrogen-bond donors (Lipinski definition) is 0. The van der Waals surface area contributed by atoms with Gasteiger partial charge in [0.05, 0.1) is 5.52 Å². The summed E-state index contributed by atoms with van der Waals surface area (Å²) in [7, 11) is 0. The summed E-state index contributed by atoms with van der Waals surface area (Å²) < 4.78 is 9.68. The third-order valence-electron chi connectivity index (χ3n) is 15.1. The maximum absolute atomic E-state index is 6.82. The largest absolute Gasteiger partial charge is 0.454 e. The van der Waals surface area contributed by atoms with Crippen LogP contribution in [-0.4, -0.2) is 4.57 Å². The molecule has 2 heteroatoms. The van der Waals surface area contributed by atoms with Gasteiger partial charge in [-0.1, -0.05) is 74.6 Å². The molecule has 6 aliphatic rings. The lowest BCUT2D eigenvalue weighted by Gasteiger charge is -2.68. The average molecular weight is 582 g/mol. The van der Waals surface area contributed by atoms with E-state index in [0.29, 0.717) is 6.04 Å². The van der Waals surface area contributed by atoms with Crippen LogP contribution in [-0.2, 0) is 0 Å². The number of fused-ring (bicyclic) bond motifs is 13. The fraction of sp³-hybridized carbons (Fsp3) is 0.571. The van der Waals surface area contributed by atoms with Crippen LogP contribution in [0.5, 0.6) is 0 Å². The minimum absolute atomic E-state index is 0.573. The second kappa shape index (κ2) is 9.40. The maximum atomic E-state index is 6.82. The summed E-state index contributed by atoms with van der Waals surface area (Å²) >= 11 is 0. The highest BCUT2D eigenvalue weighted by atomic mass is 16.3. The first-order chi connectivity index (χ1) is 21.8. The van der Waals surface area contributed by atoms with Gasteiger partial charge in [-0.15, -0.1) is 0 Å². The number of aromatic nitrogens is 1. The Morgan fingerprint density at radius 1 is 0.477 bits per heavy atom. The zero-order valence-electron chi connectivity index (χ0n) is 26.2. The van der Waals surface area contributed by atoms with Crippen LogP contribution in [0.15, 0.2) is 65.1 Å². The number of furan rings is 1. The van der Waals surface area contributed by atoms with Crippen molar-refractivity contribution in [3.8, 4) is 0 Å². The lowest BCUT2D eigenvalue weighted by Crippen LogP contribution is -2.62. The third-order valence-corrected chi connectivity index (χ3v) is 15.1. The molecule has 6 fully saturated rings. The summed E-state index contributed by atoms with van der Waals surface area (Å²) in [5, 5.41) is 5.35. The molecule has 6 aliphatic carbocycles. The van der Waals surface area contributed by atoms with Crippen LogP contribution < -0.4 is 0 Å². The molecule has 0 bridgehead atoms. The molecule has 2 heterocycles. The molecular weight excluding hydrogens is 534 g/mol. The van der Waals surface area contributed by atoms with Crippen LogP contribution in [0, 0.1) is 59.2 Å².